The first-order chi connectivity index (χ1) is 8.33. The lowest BCUT2D eigenvalue weighted by Crippen LogP contribution is -2.12. The highest BCUT2D eigenvalue weighted by atomic mass is 15.0. The van der Waals surface area contributed by atoms with Crippen LogP contribution in [0.2, 0.25) is 0 Å². The van der Waals surface area contributed by atoms with Crippen LogP contribution < -0.4 is 5.32 Å². The SMILES string of the molecule is CCNCc1ncc(-c2ccc(CC)cc2)[nH]1. The van der Waals surface area contributed by atoms with Crippen LogP contribution in [0.1, 0.15) is 25.2 Å². The number of imidazole rings is 1. The van der Waals surface area contributed by atoms with Gasteiger partial charge in [0.25, 0.3) is 0 Å². The fourth-order valence-electron chi connectivity index (χ4n) is 1.76. The molecule has 2 aromatic rings. The topological polar surface area (TPSA) is 40.7 Å². The molecule has 0 atom stereocenters. The van der Waals surface area contributed by atoms with Crippen LogP contribution in [0, 0.1) is 0 Å². The van der Waals surface area contributed by atoms with Crippen LogP contribution in [0.15, 0.2) is 30.5 Å². The van der Waals surface area contributed by atoms with Crippen molar-refractivity contribution in [2.45, 2.75) is 26.8 Å². The molecule has 0 bridgehead atoms. The molecule has 0 saturated carbocycles. The molecular weight excluding hydrogens is 210 g/mol. The normalized spacial score (nSPS) is 10.7. The Morgan fingerprint density at radius 2 is 1.94 bits per heavy atom. The molecule has 2 rings (SSSR count). The summed E-state index contributed by atoms with van der Waals surface area (Å²) >= 11 is 0. The summed E-state index contributed by atoms with van der Waals surface area (Å²) in [5.41, 5.74) is 3.64. The van der Waals surface area contributed by atoms with Crippen molar-refractivity contribution in [3.63, 3.8) is 0 Å². The molecule has 2 N–H and O–H groups in total. The van der Waals surface area contributed by atoms with E-state index in [2.05, 4.69) is 53.4 Å². The molecule has 0 saturated heterocycles. The molecule has 0 aliphatic rings. The number of nitrogens with zero attached hydrogens (tertiary/aromatic N) is 1. The van der Waals surface area contributed by atoms with Gasteiger partial charge in [-0.1, -0.05) is 38.1 Å². The lowest BCUT2D eigenvalue weighted by atomic mass is 10.1. The summed E-state index contributed by atoms with van der Waals surface area (Å²) in [6, 6.07) is 8.62. The first-order valence-corrected chi connectivity index (χ1v) is 6.17. The molecular formula is C14H19N3. The van der Waals surface area contributed by atoms with Crippen molar-refractivity contribution >= 4 is 0 Å². The van der Waals surface area contributed by atoms with Crippen molar-refractivity contribution in [3.8, 4) is 11.3 Å². The van der Waals surface area contributed by atoms with Crippen LogP contribution in [0.4, 0.5) is 0 Å². The number of aryl methyl sites for hydroxylation is 1. The molecule has 17 heavy (non-hydrogen) atoms. The Labute approximate surface area is 102 Å². The second kappa shape index (κ2) is 5.64. The van der Waals surface area contributed by atoms with Gasteiger partial charge in [0, 0.05) is 0 Å². The van der Waals surface area contributed by atoms with Crippen LogP contribution >= 0.6 is 0 Å². The maximum Gasteiger partial charge on any atom is 0.120 e. The highest BCUT2D eigenvalue weighted by Crippen LogP contribution is 2.17. The van der Waals surface area contributed by atoms with Gasteiger partial charge in [0.05, 0.1) is 18.4 Å². The Morgan fingerprint density at radius 3 is 2.59 bits per heavy atom. The monoisotopic (exact) mass is 229 g/mol. The Bertz CT molecular complexity index is 457. The molecule has 0 aliphatic heterocycles. The highest BCUT2D eigenvalue weighted by Gasteiger charge is 2.02. The van der Waals surface area contributed by atoms with E-state index in [0.29, 0.717) is 0 Å². The van der Waals surface area contributed by atoms with Crippen molar-refractivity contribution in [1.82, 2.24) is 15.3 Å². The molecule has 0 amide bonds. The summed E-state index contributed by atoms with van der Waals surface area (Å²) in [7, 11) is 0. The lowest BCUT2D eigenvalue weighted by molar-refractivity contribution is 0.698. The maximum atomic E-state index is 4.35. The van der Waals surface area contributed by atoms with Gasteiger partial charge in [-0.2, -0.15) is 0 Å². The first-order valence-electron chi connectivity index (χ1n) is 6.17. The molecule has 90 valence electrons. The quantitative estimate of drug-likeness (QED) is 0.827. The van der Waals surface area contributed by atoms with Gasteiger partial charge in [0.15, 0.2) is 0 Å². The van der Waals surface area contributed by atoms with E-state index in [1.165, 1.54) is 11.1 Å². The summed E-state index contributed by atoms with van der Waals surface area (Å²) in [6.45, 7) is 6.01. The van der Waals surface area contributed by atoms with Crippen molar-refractivity contribution in [2.75, 3.05) is 6.54 Å². The first kappa shape index (κ1) is 11.9. The fourth-order valence-corrected chi connectivity index (χ4v) is 1.76. The third-order valence-corrected chi connectivity index (χ3v) is 2.84. The minimum atomic E-state index is 0.795. The van der Waals surface area contributed by atoms with Crippen molar-refractivity contribution < 1.29 is 0 Å². The van der Waals surface area contributed by atoms with Crippen molar-refractivity contribution in [1.29, 1.82) is 0 Å². The molecule has 1 heterocycles. The number of nitrogens with one attached hydrogen (secondary N) is 2. The number of hydrogen-bond donors (Lipinski definition) is 2. The average Bonchev–Trinajstić information content (AvgIpc) is 2.85. The van der Waals surface area contributed by atoms with Gasteiger partial charge in [0.2, 0.25) is 0 Å². The van der Waals surface area contributed by atoms with E-state index in [1.54, 1.807) is 0 Å². The molecule has 0 spiro atoms. The lowest BCUT2D eigenvalue weighted by Gasteiger charge is -2.00. The van der Waals surface area contributed by atoms with E-state index in [4.69, 9.17) is 0 Å². The number of hydrogen-bond acceptors (Lipinski definition) is 2. The molecule has 1 aromatic carbocycles. The zero-order chi connectivity index (χ0) is 12.1. The summed E-state index contributed by atoms with van der Waals surface area (Å²) in [5, 5.41) is 3.25. The van der Waals surface area contributed by atoms with Gasteiger partial charge in [-0.3, -0.25) is 0 Å². The number of rotatable bonds is 5. The van der Waals surface area contributed by atoms with Crippen LogP contribution in [0.25, 0.3) is 11.3 Å². The maximum absolute atomic E-state index is 4.35. The van der Waals surface area contributed by atoms with Crippen LogP contribution in [-0.4, -0.2) is 16.5 Å². The number of H-pyrrole nitrogens is 1. The molecule has 0 aliphatic carbocycles. The van der Waals surface area contributed by atoms with E-state index in [9.17, 15) is 0 Å². The fraction of sp³-hybridized carbons (Fsp3) is 0.357. The predicted octanol–water partition coefficient (Wildman–Crippen LogP) is 2.75. The number of aromatic nitrogens is 2. The third kappa shape index (κ3) is 2.94. The highest BCUT2D eigenvalue weighted by molar-refractivity contribution is 5.58. The zero-order valence-corrected chi connectivity index (χ0v) is 10.5. The molecule has 0 radical (unpaired) electrons. The van der Waals surface area contributed by atoms with Crippen molar-refractivity contribution in [3.05, 3.63) is 41.9 Å². The number of aromatic amines is 1. The minimum Gasteiger partial charge on any atom is -0.341 e. The summed E-state index contributed by atoms with van der Waals surface area (Å²) in [5.74, 6) is 0.987. The molecule has 0 fully saturated rings. The van der Waals surface area contributed by atoms with Crippen LogP contribution in [-0.2, 0) is 13.0 Å². The van der Waals surface area contributed by atoms with Crippen LogP contribution in [0.3, 0.4) is 0 Å². The standard InChI is InChI=1S/C14H19N3/c1-3-11-5-7-12(8-6-11)13-9-16-14(17-13)10-15-4-2/h5-9,15H,3-4,10H2,1-2H3,(H,16,17). The van der Waals surface area contributed by atoms with Crippen molar-refractivity contribution in [2.24, 2.45) is 0 Å². The largest absolute Gasteiger partial charge is 0.341 e. The van der Waals surface area contributed by atoms with E-state index in [-0.39, 0.29) is 0 Å². The molecule has 1 aromatic heterocycles. The summed E-state index contributed by atoms with van der Waals surface area (Å²) in [4.78, 5) is 7.68. The minimum absolute atomic E-state index is 0.795. The van der Waals surface area contributed by atoms with Gasteiger partial charge in [-0.05, 0) is 24.1 Å². The second-order valence-electron chi connectivity index (χ2n) is 4.07. The third-order valence-electron chi connectivity index (χ3n) is 2.84. The second-order valence-corrected chi connectivity index (χ2v) is 4.07. The summed E-state index contributed by atoms with van der Waals surface area (Å²) in [6.07, 6.45) is 2.97. The smallest absolute Gasteiger partial charge is 0.120 e. The molecule has 3 nitrogen and oxygen atoms in total. The van der Waals surface area contributed by atoms with E-state index in [1.807, 2.05) is 6.20 Å². The van der Waals surface area contributed by atoms with E-state index in [0.717, 1.165) is 31.0 Å². The van der Waals surface area contributed by atoms with Crippen LogP contribution in [0.5, 0.6) is 0 Å². The Hall–Kier alpha value is -1.61. The van der Waals surface area contributed by atoms with E-state index < -0.39 is 0 Å². The average molecular weight is 229 g/mol. The van der Waals surface area contributed by atoms with Gasteiger partial charge in [0.1, 0.15) is 5.82 Å². The van der Waals surface area contributed by atoms with Gasteiger partial charge in [-0.25, -0.2) is 4.98 Å². The Kier molecular flexibility index (Phi) is 3.94. The van der Waals surface area contributed by atoms with Gasteiger partial charge >= 0.3 is 0 Å². The number of benzene rings is 1. The predicted molar refractivity (Wildman–Crippen MR) is 70.8 cm³/mol. The Morgan fingerprint density at radius 1 is 1.18 bits per heavy atom. The Balaban J connectivity index is 2.12. The zero-order valence-electron chi connectivity index (χ0n) is 10.5. The summed E-state index contributed by atoms with van der Waals surface area (Å²) < 4.78 is 0. The van der Waals surface area contributed by atoms with Gasteiger partial charge < -0.3 is 10.3 Å². The molecule has 3 heteroatoms. The van der Waals surface area contributed by atoms with E-state index >= 15 is 0 Å². The van der Waals surface area contributed by atoms with Gasteiger partial charge in [-0.15, -0.1) is 0 Å². The molecule has 0 unspecified atom stereocenters.